The number of benzene rings is 1. The van der Waals surface area contributed by atoms with Gasteiger partial charge >= 0.3 is 0 Å². The highest BCUT2D eigenvalue weighted by Gasteiger charge is 2.28. The lowest BCUT2D eigenvalue weighted by Crippen LogP contribution is -2.40. The summed E-state index contributed by atoms with van der Waals surface area (Å²) in [5, 5.41) is 0. The van der Waals surface area contributed by atoms with E-state index in [2.05, 4.69) is 34.7 Å². The number of amides is 1. The summed E-state index contributed by atoms with van der Waals surface area (Å²) in [6.45, 7) is 3.47. The SMILES string of the molecule is CN(C)CCn1ccnc1C1CCCN(C(=O)c2cccc(N(C)C)c2)C1. The number of carbonyl (C=O) groups is 1. The Bertz CT molecular complexity index is 767. The summed E-state index contributed by atoms with van der Waals surface area (Å²) in [7, 11) is 8.15. The molecule has 1 aromatic carbocycles. The van der Waals surface area contributed by atoms with Crippen LogP contribution in [0.5, 0.6) is 0 Å². The molecule has 1 atom stereocenters. The van der Waals surface area contributed by atoms with Crippen molar-refractivity contribution < 1.29 is 4.79 Å². The molecule has 0 aliphatic carbocycles. The molecule has 1 unspecified atom stereocenters. The van der Waals surface area contributed by atoms with Crippen LogP contribution in [0.15, 0.2) is 36.7 Å². The number of likely N-dealkylation sites (N-methyl/N-ethyl adjacent to an activating group) is 1. The summed E-state index contributed by atoms with van der Waals surface area (Å²) in [5.74, 6) is 1.53. The maximum atomic E-state index is 13.1. The molecule has 1 aliphatic rings. The molecule has 0 bridgehead atoms. The second-order valence-electron chi connectivity index (χ2n) is 7.82. The lowest BCUT2D eigenvalue weighted by molar-refractivity contribution is 0.0703. The lowest BCUT2D eigenvalue weighted by Gasteiger charge is -2.33. The molecule has 1 aliphatic heterocycles. The first-order valence-corrected chi connectivity index (χ1v) is 9.68. The van der Waals surface area contributed by atoms with Crippen molar-refractivity contribution in [2.24, 2.45) is 0 Å². The van der Waals surface area contributed by atoms with Crippen LogP contribution in [0.4, 0.5) is 5.69 Å². The van der Waals surface area contributed by atoms with E-state index < -0.39 is 0 Å². The fourth-order valence-electron chi connectivity index (χ4n) is 3.65. The molecule has 0 spiro atoms. The average molecular weight is 370 g/mol. The smallest absolute Gasteiger partial charge is 0.253 e. The molecule has 1 aromatic heterocycles. The van der Waals surface area contributed by atoms with Crippen LogP contribution in [0, 0.1) is 0 Å². The lowest BCUT2D eigenvalue weighted by atomic mass is 9.96. The van der Waals surface area contributed by atoms with E-state index in [0.29, 0.717) is 5.92 Å². The molecule has 0 N–H and O–H groups in total. The highest BCUT2D eigenvalue weighted by Crippen LogP contribution is 2.27. The quantitative estimate of drug-likeness (QED) is 0.785. The second-order valence-corrected chi connectivity index (χ2v) is 7.82. The predicted octanol–water partition coefficient (Wildman–Crippen LogP) is 2.53. The summed E-state index contributed by atoms with van der Waals surface area (Å²) < 4.78 is 2.24. The van der Waals surface area contributed by atoms with Gasteiger partial charge in [-0.3, -0.25) is 4.79 Å². The van der Waals surface area contributed by atoms with Gasteiger partial charge in [0.05, 0.1) is 0 Å². The van der Waals surface area contributed by atoms with Gasteiger partial charge in [-0.25, -0.2) is 4.98 Å². The van der Waals surface area contributed by atoms with Crippen LogP contribution >= 0.6 is 0 Å². The number of anilines is 1. The highest BCUT2D eigenvalue weighted by molar-refractivity contribution is 5.95. The van der Waals surface area contributed by atoms with Gasteiger partial charge in [0.1, 0.15) is 5.82 Å². The van der Waals surface area contributed by atoms with E-state index >= 15 is 0 Å². The Kier molecular flexibility index (Phi) is 6.16. The van der Waals surface area contributed by atoms with Crippen LogP contribution in [0.1, 0.15) is 34.9 Å². The molecule has 0 radical (unpaired) electrons. The van der Waals surface area contributed by atoms with E-state index in [1.807, 2.05) is 54.4 Å². The Labute approximate surface area is 162 Å². The predicted molar refractivity (Wildman–Crippen MR) is 109 cm³/mol. The van der Waals surface area contributed by atoms with E-state index in [-0.39, 0.29) is 5.91 Å². The number of imidazole rings is 1. The van der Waals surface area contributed by atoms with Crippen molar-refractivity contribution in [3.8, 4) is 0 Å². The van der Waals surface area contributed by atoms with E-state index in [4.69, 9.17) is 0 Å². The number of hydrogen-bond acceptors (Lipinski definition) is 4. The van der Waals surface area contributed by atoms with Gasteiger partial charge in [0.2, 0.25) is 0 Å². The van der Waals surface area contributed by atoms with Gasteiger partial charge in [-0.05, 0) is 45.1 Å². The minimum atomic E-state index is 0.120. The standard InChI is InChI=1S/C21H31N5O/c1-23(2)13-14-25-12-10-22-20(25)18-8-6-11-26(16-18)21(27)17-7-5-9-19(15-17)24(3)4/h5,7,9-10,12,15,18H,6,8,11,13-14,16H2,1-4H3. The monoisotopic (exact) mass is 369 g/mol. The molecule has 0 saturated carbocycles. The van der Waals surface area contributed by atoms with Crippen LogP contribution in [0.2, 0.25) is 0 Å². The van der Waals surface area contributed by atoms with Crippen LogP contribution < -0.4 is 4.90 Å². The Morgan fingerprint density at radius 2 is 2.07 bits per heavy atom. The first kappa shape index (κ1) is 19.4. The molecular weight excluding hydrogens is 338 g/mol. The first-order valence-electron chi connectivity index (χ1n) is 9.68. The summed E-state index contributed by atoms with van der Waals surface area (Å²) in [5.41, 5.74) is 1.81. The summed E-state index contributed by atoms with van der Waals surface area (Å²) in [6.07, 6.45) is 6.04. The fraction of sp³-hybridized carbons (Fsp3) is 0.524. The van der Waals surface area contributed by atoms with Gasteiger partial charge in [0, 0.05) is 69.8 Å². The number of piperidine rings is 1. The molecular formula is C21H31N5O. The molecule has 6 nitrogen and oxygen atoms in total. The van der Waals surface area contributed by atoms with Crippen molar-refractivity contribution in [2.75, 3.05) is 52.7 Å². The maximum Gasteiger partial charge on any atom is 0.253 e. The molecule has 2 aromatic rings. The molecule has 2 heterocycles. The Hall–Kier alpha value is -2.34. The molecule has 1 fully saturated rings. The Morgan fingerprint density at radius 3 is 2.81 bits per heavy atom. The van der Waals surface area contributed by atoms with Crippen molar-refractivity contribution in [3.63, 3.8) is 0 Å². The minimum Gasteiger partial charge on any atom is -0.378 e. The molecule has 1 saturated heterocycles. The van der Waals surface area contributed by atoms with Gasteiger partial charge in [-0.15, -0.1) is 0 Å². The van der Waals surface area contributed by atoms with E-state index in [1.165, 1.54) is 0 Å². The molecule has 27 heavy (non-hydrogen) atoms. The van der Waals surface area contributed by atoms with Crippen LogP contribution in [-0.2, 0) is 6.54 Å². The van der Waals surface area contributed by atoms with Crippen LogP contribution in [0.25, 0.3) is 0 Å². The summed E-state index contributed by atoms with van der Waals surface area (Å²) in [4.78, 5) is 23.9. The molecule has 146 valence electrons. The zero-order valence-electron chi connectivity index (χ0n) is 16.9. The number of likely N-dealkylation sites (tertiary alicyclic amines) is 1. The maximum absolute atomic E-state index is 13.1. The third-order valence-corrected chi connectivity index (χ3v) is 5.22. The average Bonchev–Trinajstić information content (AvgIpc) is 3.14. The number of aromatic nitrogens is 2. The third-order valence-electron chi connectivity index (χ3n) is 5.22. The minimum absolute atomic E-state index is 0.120. The first-order chi connectivity index (χ1) is 13.0. The Morgan fingerprint density at radius 1 is 1.26 bits per heavy atom. The fourth-order valence-corrected chi connectivity index (χ4v) is 3.65. The van der Waals surface area contributed by atoms with Crippen molar-refractivity contribution in [2.45, 2.75) is 25.3 Å². The van der Waals surface area contributed by atoms with Crippen LogP contribution in [0.3, 0.4) is 0 Å². The third kappa shape index (κ3) is 4.69. The zero-order chi connectivity index (χ0) is 19.4. The van der Waals surface area contributed by atoms with Gasteiger partial charge < -0.3 is 19.3 Å². The largest absolute Gasteiger partial charge is 0.378 e. The number of hydrogen-bond donors (Lipinski definition) is 0. The number of rotatable bonds is 6. The van der Waals surface area contributed by atoms with E-state index in [1.54, 1.807) is 0 Å². The normalized spacial score (nSPS) is 17.4. The van der Waals surface area contributed by atoms with Crippen molar-refractivity contribution in [1.29, 1.82) is 0 Å². The Balaban J connectivity index is 1.72. The number of nitrogens with zero attached hydrogens (tertiary/aromatic N) is 5. The highest BCUT2D eigenvalue weighted by atomic mass is 16.2. The van der Waals surface area contributed by atoms with E-state index in [0.717, 1.165) is 56.1 Å². The van der Waals surface area contributed by atoms with Crippen molar-refractivity contribution in [3.05, 3.63) is 48.0 Å². The second kappa shape index (κ2) is 8.57. The molecule has 6 heteroatoms. The topological polar surface area (TPSA) is 44.6 Å². The molecule has 1 amide bonds. The number of carbonyl (C=O) groups excluding carboxylic acids is 1. The van der Waals surface area contributed by atoms with Gasteiger partial charge in [0.25, 0.3) is 5.91 Å². The summed E-state index contributed by atoms with van der Waals surface area (Å²) >= 11 is 0. The van der Waals surface area contributed by atoms with Crippen LogP contribution in [-0.4, -0.2) is 73.1 Å². The molecule has 3 rings (SSSR count). The van der Waals surface area contributed by atoms with Gasteiger partial charge in [-0.1, -0.05) is 6.07 Å². The zero-order valence-corrected chi connectivity index (χ0v) is 16.9. The van der Waals surface area contributed by atoms with E-state index in [9.17, 15) is 4.79 Å². The van der Waals surface area contributed by atoms with Gasteiger partial charge in [-0.2, -0.15) is 0 Å². The van der Waals surface area contributed by atoms with Crippen molar-refractivity contribution >= 4 is 11.6 Å². The summed E-state index contributed by atoms with van der Waals surface area (Å²) in [6, 6.07) is 7.87. The van der Waals surface area contributed by atoms with Crippen molar-refractivity contribution in [1.82, 2.24) is 19.4 Å². The van der Waals surface area contributed by atoms with Gasteiger partial charge in [0.15, 0.2) is 0 Å².